The summed E-state index contributed by atoms with van der Waals surface area (Å²) in [5.41, 5.74) is 0. The molecule has 15 heavy (non-hydrogen) atoms. The molecule has 0 radical (unpaired) electrons. The molecule has 1 heterocycles. The molecule has 1 rings (SSSR count). The molecule has 0 aliphatic carbocycles. The van der Waals surface area contributed by atoms with Crippen molar-refractivity contribution < 1.29 is 0 Å². The van der Waals surface area contributed by atoms with E-state index in [1.165, 1.54) is 35.6 Å². The van der Waals surface area contributed by atoms with Gasteiger partial charge in [-0.2, -0.15) is 0 Å². The quantitative estimate of drug-likeness (QED) is 0.717. The van der Waals surface area contributed by atoms with E-state index in [1.807, 2.05) is 17.5 Å². The predicted molar refractivity (Wildman–Crippen MR) is 67.4 cm³/mol. The highest BCUT2D eigenvalue weighted by atomic mass is 32.1. The van der Waals surface area contributed by atoms with Gasteiger partial charge in [0, 0.05) is 17.1 Å². The molecule has 3 heteroatoms. The average molecular weight is 226 g/mol. The molecule has 1 atom stereocenters. The lowest BCUT2D eigenvalue weighted by Crippen LogP contribution is -2.19. The second kappa shape index (κ2) is 6.96. The molecule has 0 aliphatic heterocycles. The maximum atomic E-state index is 4.33. The number of nitrogens with one attached hydrogen (secondary N) is 1. The molecule has 2 nitrogen and oxygen atoms in total. The van der Waals surface area contributed by atoms with Crippen LogP contribution in [0.15, 0.2) is 6.20 Å². The molecular weight excluding hydrogens is 204 g/mol. The average Bonchev–Trinajstić information content (AvgIpc) is 2.64. The highest BCUT2D eigenvalue weighted by molar-refractivity contribution is 7.11. The summed E-state index contributed by atoms with van der Waals surface area (Å²) in [4.78, 5) is 5.72. The molecule has 0 fully saturated rings. The largest absolute Gasteiger partial charge is 0.309 e. The van der Waals surface area contributed by atoms with Crippen molar-refractivity contribution in [1.29, 1.82) is 0 Å². The fourth-order valence-electron chi connectivity index (χ4n) is 1.73. The van der Waals surface area contributed by atoms with Crippen LogP contribution in [0.5, 0.6) is 0 Å². The van der Waals surface area contributed by atoms with Crippen LogP contribution in [0.2, 0.25) is 0 Å². The minimum absolute atomic E-state index is 0.521. The van der Waals surface area contributed by atoms with Gasteiger partial charge in [0.15, 0.2) is 0 Å². The molecule has 0 spiro atoms. The summed E-state index contributed by atoms with van der Waals surface area (Å²) in [6.07, 6.45) is 7.20. The second-order valence-electron chi connectivity index (χ2n) is 3.89. The lowest BCUT2D eigenvalue weighted by molar-refractivity contribution is 0.492. The van der Waals surface area contributed by atoms with Crippen LogP contribution in [0.1, 0.15) is 55.5 Å². The van der Waals surface area contributed by atoms with Crippen molar-refractivity contribution in [3.63, 3.8) is 0 Å². The number of thiazole rings is 1. The molecule has 1 aromatic rings. The van der Waals surface area contributed by atoms with Gasteiger partial charge >= 0.3 is 0 Å². The van der Waals surface area contributed by atoms with Gasteiger partial charge in [0.25, 0.3) is 0 Å². The van der Waals surface area contributed by atoms with Crippen molar-refractivity contribution in [2.45, 2.75) is 52.5 Å². The van der Waals surface area contributed by atoms with E-state index in [0.717, 1.165) is 6.54 Å². The van der Waals surface area contributed by atoms with Crippen LogP contribution in [0.25, 0.3) is 0 Å². The molecule has 1 aromatic heterocycles. The Kier molecular flexibility index (Phi) is 5.88. The van der Waals surface area contributed by atoms with Gasteiger partial charge in [0.2, 0.25) is 0 Å². The van der Waals surface area contributed by atoms with Crippen molar-refractivity contribution in [1.82, 2.24) is 10.3 Å². The van der Waals surface area contributed by atoms with Crippen molar-refractivity contribution in [3.05, 3.63) is 16.1 Å². The molecule has 1 unspecified atom stereocenters. The van der Waals surface area contributed by atoms with Gasteiger partial charge < -0.3 is 5.32 Å². The van der Waals surface area contributed by atoms with Crippen molar-refractivity contribution >= 4 is 11.3 Å². The zero-order chi connectivity index (χ0) is 11.1. The second-order valence-corrected chi connectivity index (χ2v) is 5.15. The number of hydrogen-bond donors (Lipinski definition) is 1. The Morgan fingerprint density at radius 1 is 1.40 bits per heavy atom. The van der Waals surface area contributed by atoms with Gasteiger partial charge in [-0.25, -0.2) is 4.98 Å². The maximum Gasteiger partial charge on any atom is 0.0897 e. The van der Waals surface area contributed by atoms with Crippen LogP contribution in [-0.4, -0.2) is 11.5 Å². The van der Waals surface area contributed by atoms with Crippen LogP contribution in [0.3, 0.4) is 0 Å². The lowest BCUT2D eigenvalue weighted by Gasteiger charge is -2.15. The number of rotatable bonds is 7. The first-order chi connectivity index (χ1) is 7.27. The number of nitrogens with zero attached hydrogens (tertiary/aromatic N) is 1. The van der Waals surface area contributed by atoms with E-state index >= 15 is 0 Å². The van der Waals surface area contributed by atoms with Crippen LogP contribution >= 0.6 is 11.3 Å². The van der Waals surface area contributed by atoms with E-state index in [0.29, 0.717) is 6.04 Å². The molecule has 1 N–H and O–H groups in total. The molecule has 0 aliphatic rings. The van der Waals surface area contributed by atoms with Crippen LogP contribution in [0, 0.1) is 6.92 Å². The van der Waals surface area contributed by atoms with E-state index < -0.39 is 0 Å². The Balaban J connectivity index is 2.49. The van der Waals surface area contributed by atoms with E-state index in [4.69, 9.17) is 0 Å². The summed E-state index contributed by atoms with van der Waals surface area (Å²) in [7, 11) is 0. The van der Waals surface area contributed by atoms with E-state index in [9.17, 15) is 0 Å². The summed E-state index contributed by atoms with van der Waals surface area (Å²) in [6.45, 7) is 7.52. The fourth-order valence-corrected chi connectivity index (χ4v) is 2.62. The summed E-state index contributed by atoms with van der Waals surface area (Å²) in [5.74, 6) is 0. The van der Waals surface area contributed by atoms with E-state index in [-0.39, 0.29) is 0 Å². The minimum atomic E-state index is 0.521. The van der Waals surface area contributed by atoms with Crippen LogP contribution in [-0.2, 0) is 0 Å². The first-order valence-corrected chi connectivity index (χ1v) is 6.75. The van der Waals surface area contributed by atoms with Crippen LogP contribution in [0.4, 0.5) is 0 Å². The lowest BCUT2D eigenvalue weighted by atomic mass is 10.1. The van der Waals surface area contributed by atoms with Gasteiger partial charge in [0.1, 0.15) is 0 Å². The maximum absolute atomic E-state index is 4.33. The third-order valence-electron chi connectivity index (χ3n) is 2.53. The fraction of sp³-hybridized carbons (Fsp3) is 0.750. The Bertz CT molecular complexity index is 270. The highest BCUT2D eigenvalue weighted by Crippen LogP contribution is 2.24. The van der Waals surface area contributed by atoms with Gasteiger partial charge in [-0.05, 0) is 19.9 Å². The Morgan fingerprint density at radius 2 is 2.20 bits per heavy atom. The first kappa shape index (κ1) is 12.7. The third kappa shape index (κ3) is 4.31. The Morgan fingerprint density at radius 3 is 2.73 bits per heavy atom. The summed E-state index contributed by atoms with van der Waals surface area (Å²) in [6, 6.07) is 0.521. The first-order valence-electron chi connectivity index (χ1n) is 5.93. The SMILES string of the molecule is CCCCCC(NCC)c1cnc(C)s1. The number of hydrogen-bond acceptors (Lipinski definition) is 3. The summed E-state index contributed by atoms with van der Waals surface area (Å²) < 4.78 is 0. The monoisotopic (exact) mass is 226 g/mol. The molecular formula is C12H22N2S. The van der Waals surface area contributed by atoms with E-state index in [2.05, 4.69) is 31.1 Å². The molecule has 0 aromatic carbocycles. The van der Waals surface area contributed by atoms with Crippen molar-refractivity contribution in [2.75, 3.05) is 6.54 Å². The van der Waals surface area contributed by atoms with Gasteiger partial charge in [-0.3, -0.25) is 0 Å². The Labute approximate surface area is 97.1 Å². The number of unbranched alkanes of at least 4 members (excludes halogenated alkanes) is 2. The third-order valence-corrected chi connectivity index (χ3v) is 3.56. The van der Waals surface area contributed by atoms with Crippen LogP contribution < -0.4 is 5.32 Å². The zero-order valence-electron chi connectivity index (χ0n) is 10.0. The molecule has 86 valence electrons. The standard InChI is InChI=1S/C12H22N2S/c1-4-6-7-8-11(13-5-2)12-9-14-10(3)15-12/h9,11,13H,4-8H2,1-3H3. The molecule has 0 saturated carbocycles. The summed E-state index contributed by atoms with van der Waals surface area (Å²) in [5, 5.41) is 4.71. The minimum Gasteiger partial charge on any atom is -0.309 e. The topological polar surface area (TPSA) is 24.9 Å². The van der Waals surface area contributed by atoms with Crippen molar-refractivity contribution in [3.8, 4) is 0 Å². The van der Waals surface area contributed by atoms with Gasteiger partial charge in [-0.1, -0.05) is 33.1 Å². The van der Waals surface area contributed by atoms with Gasteiger partial charge in [0.05, 0.1) is 5.01 Å². The summed E-state index contributed by atoms with van der Waals surface area (Å²) >= 11 is 1.82. The Hall–Kier alpha value is -0.410. The highest BCUT2D eigenvalue weighted by Gasteiger charge is 2.12. The van der Waals surface area contributed by atoms with Gasteiger partial charge in [-0.15, -0.1) is 11.3 Å². The number of aromatic nitrogens is 1. The normalized spacial score (nSPS) is 13.0. The molecule has 0 saturated heterocycles. The van der Waals surface area contributed by atoms with Crippen molar-refractivity contribution in [2.24, 2.45) is 0 Å². The molecule has 0 amide bonds. The smallest absolute Gasteiger partial charge is 0.0897 e. The molecule has 0 bridgehead atoms. The predicted octanol–water partition coefficient (Wildman–Crippen LogP) is 3.68. The zero-order valence-corrected chi connectivity index (χ0v) is 10.9. The van der Waals surface area contributed by atoms with E-state index in [1.54, 1.807) is 0 Å². The number of aryl methyl sites for hydroxylation is 1.